The van der Waals surface area contributed by atoms with Crippen molar-refractivity contribution in [3.8, 4) is 11.9 Å². The Kier molecular flexibility index (Phi) is 7.24. The zero-order chi connectivity index (χ0) is 22.4. The van der Waals surface area contributed by atoms with E-state index < -0.39 is 11.4 Å². The lowest BCUT2D eigenvalue weighted by Gasteiger charge is -2.31. The number of hydrogen-bond acceptors (Lipinski definition) is 6. The number of pyridine rings is 1. The maximum Gasteiger partial charge on any atom is 0.320 e. The average Bonchev–Trinajstić information content (AvgIpc) is 2.72. The van der Waals surface area contributed by atoms with Gasteiger partial charge in [-0.05, 0) is 64.9 Å². The lowest BCUT2D eigenvalue weighted by Crippen LogP contribution is -2.39. The topological polar surface area (TPSA) is 75.4 Å². The van der Waals surface area contributed by atoms with Crippen molar-refractivity contribution in [1.82, 2.24) is 9.88 Å². The van der Waals surface area contributed by atoms with Crippen molar-refractivity contribution >= 4 is 5.97 Å². The predicted molar refractivity (Wildman–Crippen MR) is 114 cm³/mol. The number of likely N-dealkylation sites (tertiary alicyclic amines) is 1. The summed E-state index contributed by atoms with van der Waals surface area (Å²) in [5.74, 6) is 0.0598. The highest BCUT2D eigenvalue weighted by molar-refractivity contribution is 5.72. The van der Waals surface area contributed by atoms with Crippen LogP contribution in [-0.2, 0) is 16.1 Å². The zero-order valence-corrected chi connectivity index (χ0v) is 18.2. The van der Waals surface area contributed by atoms with Gasteiger partial charge in [0.25, 0.3) is 0 Å². The number of ether oxygens (including phenoxy) is 2. The Morgan fingerprint density at radius 2 is 2.00 bits per heavy atom. The first kappa shape index (κ1) is 22.7. The molecule has 0 spiro atoms. The van der Waals surface area contributed by atoms with E-state index in [9.17, 15) is 9.18 Å². The molecule has 164 valence electrons. The quantitative estimate of drug-likeness (QED) is 0.646. The number of carbonyl (C=O) groups is 1. The van der Waals surface area contributed by atoms with Crippen molar-refractivity contribution < 1.29 is 18.7 Å². The number of carbonyl (C=O) groups excluding carboxylic acids is 1. The van der Waals surface area contributed by atoms with Gasteiger partial charge >= 0.3 is 5.97 Å². The maximum atomic E-state index is 14.0. The molecule has 3 rings (SSSR count). The highest BCUT2D eigenvalue weighted by atomic mass is 19.1. The molecule has 0 bridgehead atoms. The molecule has 1 aliphatic heterocycles. The van der Waals surface area contributed by atoms with E-state index in [0.717, 1.165) is 31.6 Å². The minimum absolute atomic E-state index is 0.0440. The normalized spacial score (nSPS) is 15.3. The van der Waals surface area contributed by atoms with Gasteiger partial charge in [0.15, 0.2) is 0 Å². The summed E-state index contributed by atoms with van der Waals surface area (Å²) >= 11 is 0. The third-order valence-electron chi connectivity index (χ3n) is 5.08. The number of aromatic nitrogens is 1. The number of halogens is 1. The first-order valence-electron chi connectivity index (χ1n) is 10.5. The molecule has 1 aromatic carbocycles. The standard InChI is InChI=1S/C24H28FN3O3/c1-24(2,3)31-23(29)15-28-11-9-18(10-12-28)21-5-4-6-22(27-21)30-16-19-8-7-17(14-26)13-20(19)25/h4-8,13,18H,9-12,15-16H2,1-3H3. The van der Waals surface area contributed by atoms with Crippen molar-refractivity contribution in [2.75, 3.05) is 19.6 Å². The smallest absolute Gasteiger partial charge is 0.320 e. The number of piperidine rings is 1. The van der Waals surface area contributed by atoms with E-state index in [1.165, 1.54) is 6.07 Å². The van der Waals surface area contributed by atoms with Crippen LogP contribution in [0.3, 0.4) is 0 Å². The first-order valence-corrected chi connectivity index (χ1v) is 10.5. The number of benzene rings is 1. The Hall–Kier alpha value is -2.98. The third kappa shape index (κ3) is 6.76. The summed E-state index contributed by atoms with van der Waals surface area (Å²) in [5.41, 5.74) is 1.12. The highest BCUT2D eigenvalue weighted by Gasteiger charge is 2.25. The number of nitriles is 1. The minimum atomic E-state index is -0.472. The Morgan fingerprint density at radius 3 is 2.65 bits per heavy atom. The summed E-state index contributed by atoms with van der Waals surface area (Å²) in [6, 6.07) is 11.9. The number of nitrogens with zero attached hydrogens (tertiary/aromatic N) is 3. The van der Waals surface area contributed by atoms with Crippen LogP contribution in [0.15, 0.2) is 36.4 Å². The number of hydrogen-bond donors (Lipinski definition) is 0. The van der Waals surface area contributed by atoms with Gasteiger partial charge < -0.3 is 9.47 Å². The summed E-state index contributed by atoms with van der Waals surface area (Å²) < 4.78 is 25.1. The van der Waals surface area contributed by atoms with Gasteiger partial charge in [-0.2, -0.15) is 5.26 Å². The fraction of sp³-hybridized carbons (Fsp3) is 0.458. The Labute approximate surface area is 182 Å². The lowest BCUT2D eigenvalue weighted by atomic mass is 9.93. The van der Waals surface area contributed by atoms with Crippen LogP contribution in [0.4, 0.5) is 4.39 Å². The van der Waals surface area contributed by atoms with Gasteiger partial charge in [-0.1, -0.05) is 12.1 Å². The molecule has 0 radical (unpaired) electrons. The second-order valence-electron chi connectivity index (χ2n) is 8.74. The van der Waals surface area contributed by atoms with Gasteiger partial charge in [-0.25, -0.2) is 9.37 Å². The summed E-state index contributed by atoms with van der Waals surface area (Å²) in [7, 11) is 0. The van der Waals surface area contributed by atoms with Gasteiger partial charge in [0, 0.05) is 23.2 Å². The summed E-state index contributed by atoms with van der Waals surface area (Å²) in [6.45, 7) is 7.55. The molecule has 1 aliphatic rings. The zero-order valence-electron chi connectivity index (χ0n) is 18.2. The number of esters is 1. The molecule has 0 amide bonds. The second-order valence-corrected chi connectivity index (χ2v) is 8.74. The largest absolute Gasteiger partial charge is 0.473 e. The fourth-order valence-corrected chi connectivity index (χ4v) is 3.57. The van der Waals surface area contributed by atoms with Crippen LogP contribution < -0.4 is 4.74 Å². The van der Waals surface area contributed by atoms with Gasteiger partial charge in [-0.15, -0.1) is 0 Å². The van der Waals surface area contributed by atoms with Crippen molar-refractivity contribution in [3.05, 3.63) is 59.0 Å². The number of rotatable bonds is 6. The molecule has 2 heterocycles. The van der Waals surface area contributed by atoms with E-state index in [4.69, 9.17) is 14.7 Å². The van der Waals surface area contributed by atoms with Crippen molar-refractivity contribution in [2.45, 2.75) is 51.7 Å². The molecule has 0 N–H and O–H groups in total. The fourth-order valence-electron chi connectivity index (χ4n) is 3.57. The van der Waals surface area contributed by atoms with Gasteiger partial charge in [0.05, 0.1) is 18.2 Å². The Balaban J connectivity index is 1.53. The van der Waals surface area contributed by atoms with Crippen LogP contribution in [0.1, 0.15) is 56.4 Å². The van der Waals surface area contributed by atoms with Gasteiger partial charge in [0.1, 0.15) is 18.0 Å². The second kappa shape index (κ2) is 9.88. The molecule has 31 heavy (non-hydrogen) atoms. The SMILES string of the molecule is CC(C)(C)OC(=O)CN1CCC(c2cccc(OCc3ccc(C#N)cc3F)n2)CC1. The molecule has 1 aromatic heterocycles. The predicted octanol–water partition coefficient (Wildman–Crippen LogP) is 4.19. The third-order valence-corrected chi connectivity index (χ3v) is 5.08. The molecule has 0 unspecified atom stereocenters. The molecule has 7 heteroatoms. The van der Waals surface area contributed by atoms with E-state index in [2.05, 4.69) is 9.88 Å². The maximum absolute atomic E-state index is 14.0. The van der Waals surface area contributed by atoms with Crippen molar-refractivity contribution in [3.63, 3.8) is 0 Å². The summed E-state index contributed by atoms with van der Waals surface area (Å²) in [4.78, 5) is 18.7. The molecule has 6 nitrogen and oxygen atoms in total. The highest BCUT2D eigenvalue weighted by Crippen LogP contribution is 2.28. The van der Waals surface area contributed by atoms with E-state index in [1.807, 2.05) is 39.0 Å². The molecule has 1 saturated heterocycles. The molecule has 1 fully saturated rings. The molecule has 0 atom stereocenters. The van der Waals surface area contributed by atoms with Crippen molar-refractivity contribution in [2.24, 2.45) is 0 Å². The monoisotopic (exact) mass is 425 g/mol. The molecular weight excluding hydrogens is 397 g/mol. The Bertz CT molecular complexity index is 957. The van der Waals surface area contributed by atoms with Crippen LogP contribution in [0.25, 0.3) is 0 Å². The van der Waals surface area contributed by atoms with Crippen LogP contribution >= 0.6 is 0 Å². The van der Waals surface area contributed by atoms with Gasteiger partial charge in [0.2, 0.25) is 5.88 Å². The van der Waals surface area contributed by atoms with Crippen LogP contribution in [0.2, 0.25) is 0 Å². The minimum Gasteiger partial charge on any atom is -0.473 e. The first-order chi connectivity index (χ1) is 14.7. The van der Waals surface area contributed by atoms with Crippen LogP contribution in [0.5, 0.6) is 5.88 Å². The summed E-state index contributed by atoms with van der Waals surface area (Å²) in [5, 5.41) is 8.84. The molecule has 2 aromatic rings. The van der Waals surface area contributed by atoms with Crippen LogP contribution in [0, 0.1) is 17.1 Å². The lowest BCUT2D eigenvalue weighted by molar-refractivity contribution is -0.156. The molecule has 0 saturated carbocycles. The summed E-state index contributed by atoms with van der Waals surface area (Å²) in [6.07, 6.45) is 1.78. The van der Waals surface area contributed by atoms with Gasteiger partial charge in [-0.3, -0.25) is 9.69 Å². The van der Waals surface area contributed by atoms with E-state index >= 15 is 0 Å². The molecular formula is C24H28FN3O3. The van der Waals surface area contributed by atoms with Crippen molar-refractivity contribution in [1.29, 1.82) is 5.26 Å². The molecule has 0 aliphatic carbocycles. The van der Waals surface area contributed by atoms with Crippen LogP contribution in [-0.4, -0.2) is 41.1 Å². The van der Waals surface area contributed by atoms with E-state index in [-0.39, 0.29) is 24.1 Å². The van der Waals surface area contributed by atoms with E-state index in [1.54, 1.807) is 18.2 Å². The van der Waals surface area contributed by atoms with E-state index in [0.29, 0.717) is 18.0 Å². The Morgan fingerprint density at radius 1 is 1.26 bits per heavy atom. The average molecular weight is 426 g/mol.